The van der Waals surface area contributed by atoms with Crippen LogP contribution in [0.3, 0.4) is 0 Å². The van der Waals surface area contributed by atoms with Crippen LogP contribution in [0, 0.1) is 28.5 Å². The Bertz CT molecular complexity index is 695. The van der Waals surface area contributed by atoms with Crippen LogP contribution in [0.4, 0.5) is 4.39 Å². The molecule has 0 bridgehead atoms. The zero-order chi connectivity index (χ0) is 14.4. The summed E-state index contributed by atoms with van der Waals surface area (Å²) in [6.07, 6.45) is 0. The molecule has 0 amide bonds. The Labute approximate surface area is 117 Å². The van der Waals surface area contributed by atoms with Crippen LogP contribution in [-0.4, -0.2) is 15.9 Å². The minimum absolute atomic E-state index is 0.00568. The van der Waals surface area contributed by atoms with Gasteiger partial charge >= 0.3 is 0 Å². The van der Waals surface area contributed by atoms with Gasteiger partial charge in [-0.1, -0.05) is 16.5 Å². The topological polar surface area (TPSA) is 95.0 Å². The quantitative estimate of drug-likeness (QED) is 0.635. The van der Waals surface area contributed by atoms with Gasteiger partial charge < -0.3 is 4.84 Å². The smallest absolute Gasteiger partial charge is 0.256 e. The summed E-state index contributed by atoms with van der Waals surface area (Å²) < 4.78 is 12.8. The zero-order valence-electron chi connectivity index (χ0n) is 9.95. The summed E-state index contributed by atoms with van der Waals surface area (Å²) in [4.78, 5) is 4.82. The highest BCUT2D eigenvalue weighted by atomic mass is 32.1. The van der Waals surface area contributed by atoms with E-state index in [1.807, 2.05) is 0 Å². The monoisotopic (exact) mass is 287 g/mol. The lowest BCUT2D eigenvalue weighted by Crippen LogP contribution is -1.92. The van der Waals surface area contributed by atoms with Gasteiger partial charge in [-0.05, 0) is 24.3 Å². The molecule has 20 heavy (non-hydrogen) atoms. The Morgan fingerprint density at radius 3 is 2.60 bits per heavy atom. The van der Waals surface area contributed by atoms with Crippen molar-refractivity contribution in [3.63, 3.8) is 0 Å². The molecule has 2 rings (SSSR count). The predicted molar refractivity (Wildman–Crippen MR) is 68.8 cm³/mol. The van der Waals surface area contributed by atoms with E-state index in [1.54, 1.807) is 24.3 Å². The first-order valence-corrected chi connectivity index (χ1v) is 6.13. The second-order valence-corrected chi connectivity index (χ2v) is 4.51. The van der Waals surface area contributed by atoms with Crippen molar-refractivity contribution in [1.82, 2.24) is 10.2 Å². The van der Waals surface area contributed by atoms with E-state index in [0.29, 0.717) is 10.0 Å². The molecule has 0 N–H and O–H groups in total. The van der Waals surface area contributed by atoms with Crippen LogP contribution in [0.25, 0.3) is 10.6 Å². The van der Waals surface area contributed by atoms with Gasteiger partial charge in [-0.2, -0.15) is 10.5 Å². The molecule has 1 aromatic carbocycles. The second kappa shape index (κ2) is 6.36. The van der Waals surface area contributed by atoms with Crippen molar-refractivity contribution in [3.8, 4) is 22.7 Å². The van der Waals surface area contributed by atoms with Gasteiger partial charge in [0.2, 0.25) is 0 Å². The minimum atomic E-state index is -0.367. The van der Waals surface area contributed by atoms with Gasteiger partial charge in [0, 0.05) is 5.56 Å². The number of halogens is 1. The van der Waals surface area contributed by atoms with Crippen LogP contribution in [0.1, 0.15) is 5.01 Å². The fourth-order valence-corrected chi connectivity index (χ4v) is 1.99. The molecular formula is C12H6FN5OS. The largest absolute Gasteiger partial charge is 0.387 e. The van der Waals surface area contributed by atoms with Crippen LogP contribution >= 0.6 is 11.3 Å². The first-order chi connectivity index (χ1) is 9.72. The average molecular weight is 287 g/mol. The molecule has 0 spiro atoms. The molecule has 6 nitrogen and oxygen atoms in total. The SMILES string of the molecule is N#CC(C#N)=NOCc1nnc(-c2ccc(F)cc2)s1. The van der Waals surface area contributed by atoms with Gasteiger partial charge in [0.05, 0.1) is 0 Å². The maximum Gasteiger partial charge on any atom is 0.256 e. The predicted octanol–water partition coefficient (Wildman–Crippen LogP) is 2.26. The molecule has 0 saturated heterocycles. The van der Waals surface area contributed by atoms with Crippen molar-refractivity contribution in [2.24, 2.45) is 5.16 Å². The van der Waals surface area contributed by atoms with Crippen LogP contribution in [0.5, 0.6) is 0 Å². The number of benzene rings is 1. The molecule has 1 heterocycles. The number of aromatic nitrogens is 2. The number of hydrogen-bond acceptors (Lipinski definition) is 7. The maximum atomic E-state index is 12.8. The van der Waals surface area contributed by atoms with E-state index in [1.165, 1.54) is 23.5 Å². The number of nitrogens with zero attached hydrogens (tertiary/aromatic N) is 5. The number of oxime groups is 1. The molecule has 0 aliphatic heterocycles. The summed E-state index contributed by atoms with van der Waals surface area (Å²) in [5.41, 5.74) is 0.377. The second-order valence-electron chi connectivity index (χ2n) is 3.44. The van der Waals surface area contributed by atoms with E-state index in [9.17, 15) is 4.39 Å². The van der Waals surface area contributed by atoms with E-state index in [2.05, 4.69) is 15.4 Å². The van der Waals surface area contributed by atoms with Crippen LogP contribution < -0.4 is 0 Å². The highest BCUT2D eigenvalue weighted by Gasteiger charge is 2.07. The Hall–Kier alpha value is -2.84. The first kappa shape index (κ1) is 13.6. The molecule has 0 unspecified atom stereocenters. The van der Waals surface area contributed by atoms with Gasteiger partial charge in [0.25, 0.3) is 5.71 Å². The average Bonchev–Trinajstić information content (AvgIpc) is 2.93. The third kappa shape index (κ3) is 3.34. The van der Waals surface area contributed by atoms with Crippen molar-refractivity contribution in [3.05, 3.63) is 35.1 Å². The van der Waals surface area contributed by atoms with Gasteiger partial charge in [-0.15, -0.1) is 10.2 Å². The van der Waals surface area contributed by atoms with Gasteiger partial charge in [0.1, 0.15) is 23.0 Å². The first-order valence-electron chi connectivity index (χ1n) is 5.31. The molecule has 0 saturated carbocycles. The summed E-state index contributed by atoms with van der Waals surface area (Å²) in [6, 6.07) is 9.01. The number of nitriles is 2. The van der Waals surface area contributed by atoms with Crippen molar-refractivity contribution in [1.29, 1.82) is 10.5 Å². The minimum Gasteiger partial charge on any atom is -0.387 e. The molecule has 2 aromatic rings. The van der Waals surface area contributed by atoms with E-state index in [4.69, 9.17) is 15.4 Å². The lowest BCUT2D eigenvalue weighted by Gasteiger charge is -1.94. The highest BCUT2D eigenvalue weighted by molar-refractivity contribution is 7.14. The summed E-state index contributed by atoms with van der Waals surface area (Å²) in [7, 11) is 0. The van der Waals surface area contributed by atoms with Gasteiger partial charge in [0.15, 0.2) is 11.6 Å². The molecular weight excluding hydrogens is 281 g/mol. The lowest BCUT2D eigenvalue weighted by molar-refractivity contribution is 0.130. The molecule has 98 valence electrons. The van der Waals surface area contributed by atoms with Crippen molar-refractivity contribution in [2.45, 2.75) is 6.61 Å². The summed E-state index contributed by atoms with van der Waals surface area (Å²) >= 11 is 1.25. The Morgan fingerprint density at radius 2 is 1.95 bits per heavy atom. The van der Waals surface area contributed by atoms with E-state index in [-0.39, 0.29) is 18.1 Å². The third-order valence-corrected chi connectivity index (χ3v) is 3.06. The standard InChI is InChI=1S/C12H6FN5OS/c13-9-3-1-8(2-4-9)12-17-16-11(20-12)7-19-18-10(5-14)6-15/h1-4H,7H2. The molecule has 0 aliphatic rings. The Kier molecular flexibility index (Phi) is 4.32. The van der Waals surface area contributed by atoms with E-state index < -0.39 is 0 Å². The summed E-state index contributed by atoms with van der Waals surface area (Å²) in [5.74, 6) is -0.323. The van der Waals surface area contributed by atoms with Gasteiger partial charge in [-0.25, -0.2) is 4.39 Å². The lowest BCUT2D eigenvalue weighted by atomic mass is 10.2. The molecule has 0 fully saturated rings. The fourth-order valence-electron chi connectivity index (χ4n) is 1.24. The molecule has 1 aromatic heterocycles. The van der Waals surface area contributed by atoms with E-state index in [0.717, 1.165) is 5.56 Å². The van der Waals surface area contributed by atoms with Crippen LogP contribution in [-0.2, 0) is 11.4 Å². The van der Waals surface area contributed by atoms with Crippen molar-refractivity contribution >= 4 is 17.0 Å². The molecule has 0 aliphatic carbocycles. The van der Waals surface area contributed by atoms with Crippen LogP contribution in [0.15, 0.2) is 29.4 Å². The Morgan fingerprint density at radius 1 is 1.25 bits per heavy atom. The number of hydrogen-bond donors (Lipinski definition) is 0. The molecule has 8 heteroatoms. The zero-order valence-corrected chi connectivity index (χ0v) is 10.8. The normalized spacial score (nSPS) is 9.35. The number of rotatable bonds is 4. The van der Waals surface area contributed by atoms with E-state index >= 15 is 0 Å². The Balaban J connectivity index is 2.03. The van der Waals surface area contributed by atoms with Crippen molar-refractivity contribution < 1.29 is 9.23 Å². The fraction of sp³-hybridized carbons (Fsp3) is 0.0833. The molecule has 0 radical (unpaired) electrons. The molecule has 0 atom stereocenters. The van der Waals surface area contributed by atoms with Gasteiger partial charge in [-0.3, -0.25) is 0 Å². The highest BCUT2D eigenvalue weighted by Crippen LogP contribution is 2.23. The van der Waals surface area contributed by atoms with Crippen molar-refractivity contribution in [2.75, 3.05) is 0 Å². The summed E-state index contributed by atoms with van der Waals surface area (Å²) in [5, 5.41) is 29.2. The maximum absolute atomic E-state index is 12.8. The third-order valence-electron chi connectivity index (χ3n) is 2.11. The summed E-state index contributed by atoms with van der Waals surface area (Å²) in [6.45, 7) is 0.00568. The van der Waals surface area contributed by atoms with Crippen LogP contribution in [0.2, 0.25) is 0 Å².